The summed E-state index contributed by atoms with van der Waals surface area (Å²) in [4.78, 5) is 52.3. The standard InChI is InChI=1S/C19H25BN4O4.C4H6O6/c1-13(2)10-17(20(27)28)24-18(25)15(11-14-6-4-3-5-7-14)23-19(26)16-12-21-8-9-22-16;5-1(3(7)8)2(6)4(9)10/h3-9,12-13,15,17,27-28H,10-11H2,1-2H3,(H,23,26)(H,24,25);1-2,5-6H,(H,7,8)(H,9,10)/p-2/t15-,17-;1-,2-/m00/s1. The van der Waals surface area contributed by atoms with Crippen LogP contribution in [0.3, 0.4) is 0 Å². The van der Waals surface area contributed by atoms with Gasteiger partial charge in [-0.3, -0.25) is 14.6 Å². The quantitative estimate of drug-likeness (QED) is 0.142. The molecule has 0 unspecified atom stereocenters. The Labute approximate surface area is 218 Å². The van der Waals surface area contributed by atoms with Gasteiger partial charge >= 0.3 is 7.12 Å². The van der Waals surface area contributed by atoms with E-state index in [2.05, 4.69) is 20.6 Å². The molecule has 0 fully saturated rings. The third-order valence-electron chi connectivity index (χ3n) is 4.90. The van der Waals surface area contributed by atoms with Crippen molar-refractivity contribution < 1.29 is 49.7 Å². The maximum Gasteiger partial charge on any atom is 0.475 e. The average molecular weight is 532 g/mol. The van der Waals surface area contributed by atoms with Crippen LogP contribution in [0.2, 0.25) is 0 Å². The van der Waals surface area contributed by atoms with Gasteiger partial charge in [-0.1, -0.05) is 44.2 Å². The van der Waals surface area contributed by atoms with Crippen LogP contribution in [0, 0.1) is 5.92 Å². The van der Waals surface area contributed by atoms with Crippen molar-refractivity contribution in [1.29, 1.82) is 0 Å². The van der Waals surface area contributed by atoms with E-state index in [0.29, 0.717) is 6.42 Å². The van der Waals surface area contributed by atoms with Gasteiger partial charge in [0.25, 0.3) is 5.91 Å². The van der Waals surface area contributed by atoms with Crippen molar-refractivity contribution in [2.75, 3.05) is 0 Å². The zero-order valence-corrected chi connectivity index (χ0v) is 20.6. The normalized spacial score (nSPS) is 13.7. The highest BCUT2D eigenvalue weighted by molar-refractivity contribution is 6.43. The van der Waals surface area contributed by atoms with Crippen LogP contribution >= 0.6 is 0 Å². The van der Waals surface area contributed by atoms with Gasteiger partial charge in [0.1, 0.15) is 23.9 Å². The maximum absolute atomic E-state index is 12.8. The Morgan fingerprint density at radius 3 is 1.97 bits per heavy atom. The Hall–Kier alpha value is -3.92. The summed E-state index contributed by atoms with van der Waals surface area (Å²) in [5.41, 5.74) is 0.946. The number of aliphatic carboxylic acids is 2. The molecule has 0 aliphatic rings. The van der Waals surface area contributed by atoms with E-state index >= 15 is 0 Å². The smallest absolute Gasteiger partial charge is 0.475 e. The second-order valence-electron chi connectivity index (χ2n) is 8.49. The fourth-order valence-electron chi connectivity index (χ4n) is 3.01. The van der Waals surface area contributed by atoms with E-state index in [0.717, 1.165) is 5.56 Å². The number of aromatic nitrogens is 2. The lowest BCUT2D eigenvalue weighted by atomic mass is 9.75. The van der Waals surface area contributed by atoms with Crippen LogP contribution in [0.4, 0.5) is 0 Å². The highest BCUT2D eigenvalue weighted by Crippen LogP contribution is 2.09. The van der Waals surface area contributed by atoms with Gasteiger partial charge in [0, 0.05) is 18.8 Å². The summed E-state index contributed by atoms with van der Waals surface area (Å²) in [5, 5.41) is 60.2. The van der Waals surface area contributed by atoms with Gasteiger partial charge in [-0.25, -0.2) is 4.98 Å². The van der Waals surface area contributed by atoms with E-state index in [1.807, 2.05) is 44.2 Å². The summed E-state index contributed by atoms with van der Waals surface area (Å²) in [6, 6.07) is 8.33. The fourth-order valence-corrected chi connectivity index (χ4v) is 3.01. The summed E-state index contributed by atoms with van der Waals surface area (Å²) in [5.74, 6) is -5.84. The molecule has 0 bridgehead atoms. The largest absolute Gasteiger partial charge is 0.547 e. The zero-order valence-electron chi connectivity index (χ0n) is 20.6. The van der Waals surface area contributed by atoms with Crippen LogP contribution in [0.25, 0.3) is 0 Å². The van der Waals surface area contributed by atoms with Crippen LogP contribution < -0.4 is 20.8 Å². The summed E-state index contributed by atoms with van der Waals surface area (Å²) < 4.78 is 0. The molecule has 2 rings (SSSR count). The Morgan fingerprint density at radius 1 is 0.947 bits per heavy atom. The third kappa shape index (κ3) is 11.4. The molecule has 1 heterocycles. The molecule has 2 amide bonds. The van der Waals surface area contributed by atoms with E-state index < -0.39 is 55.1 Å². The minimum absolute atomic E-state index is 0.0919. The number of hydrogen-bond donors (Lipinski definition) is 6. The van der Waals surface area contributed by atoms with Crippen LogP contribution in [-0.4, -0.2) is 85.3 Å². The van der Waals surface area contributed by atoms with Crippen molar-refractivity contribution in [3.8, 4) is 0 Å². The highest BCUT2D eigenvalue weighted by atomic mass is 16.4. The summed E-state index contributed by atoms with van der Waals surface area (Å²) in [6.45, 7) is 3.83. The number of rotatable bonds is 12. The number of carboxylic acids is 2. The minimum Gasteiger partial charge on any atom is -0.547 e. The number of aliphatic hydroxyl groups is 2. The number of aliphatic hydroxyl groups excluding tert-OH is 2. The van der Waals surface area contributed by atoms with Gasteiger partial charge in [-0.05, 0) is 17.9 Å². The first-order valence-electron chi connectivity index (χ1n) is 11.4. The second-order valence-corrected chi connectivity index (χ2v) is 8.49. The van der Waals surface area contributed by atoms with Crippen LogP contribution in [-0.2, 0) is 20.8 Å². The molecule has 4 atom stereocenters. The van der Waals surface area contributed by atoms with Crippen LogP contribution in [0.1, 0.15) is 36.3 Å². The Bertz CT molecular complexity index is 1030. The van der Waals surface area contributed by atoms with Crippen LogP contribution in [0.15, 0.2) is 48.9 Å². The van der Waals surface area contributed by atoms with Crippen molar-refractivity contribution in [2.45, 2.75) is 50.9 Å². The van der Waals surface area contributed by atoms with E-state index in [1.54, 1.807) is 0 Å². The molecule has 38 heavy (non-hydrogen) atoms. The van der Waals surface area contributed by atoms with E-state index in [9.17, 15) is 39.4 Å². The van der Waals surface area contributed by atoms with Gasteiger partial charge in [-0.15, -0.1) is 0 Å². The van der Waals surface area contributed by atoms with E-state index in [-0.39, 0.29) is 18.0 Å². The number of amides is 2. The molecule has 15 heteroatoms. The number of carbonyl (C=O) groups excluding carboxylic acids is 4. The predicted molar refractivity (Wildman–Crippen MR) is 127 cm³/mol. The molecule has 0 saturated heterocycles. The lowest BCUT2D eigenvalue weighted by Gasteiger charge is -2.24. The molecule has 6 N–H and O–H groups in total. The molecule has 0 aliphatic carbocycles. The molecule has 1 aromatic heterocycles. The maximum atomic E-state index is 12.8. The van der Waals surface area contributed by atoms with E-state index in [1.165, 1.54) is 18.6 Å². The van der Waals surface area contributed by atoms with E-state index in [4.69, 9.17) is 10.2 Å². The molecule has 206 valence electrons. The number of carbonyl (C=O) groups is 4. The van der Waals surface area contributed by atoms with Crippen molar-refractivity contribution in [2.24, 2.45) is 5.92 Å². The number of benzene rings is 1. The molecule has 1 aromatic carbocycles. The topological polar surface area (TPSA) is 245 Å². The molecular weight excluding hydrogens is 503 g/mol. The highest BCUT2D eigenvalue weighted by Gasteiger charge is 2.30. The Kier molecular flexibility index (Phi) is 13.6. The zero-order chi connectivity index (χ0) is 28.8. The first-order chi connectivity index (χ1) is 17.8. The number of nitrogens with zero attached hydrogens (tertiary/aromatic N) is 2. The number of nitrogens with one attached hydrogen (secondary N) is 2. The van der Waals surface area contributed by atoms with Gasteiger partial charge in [0.2, 0.25) is 5.91 Å². The second kappa shape index (κ2) is 16.0. The van der Waals surface area contributed by atoms with Crippen molar-refractivity contribution in [1.82, 2.24) is 20.6 Å². The first-order valence-corrected chi connectivity index (χ1v) is 11.4. The Balaban J connectivity index is 0.000000612. The Morgan fingerprint density at radius 2 is 1.53 bits per heavy atom. The third-order valence-corrected chi connectivity index (χ3v) is 4.90. The molecule has 0 saturated carbocycles. The molecule has 0 aliphatic heterocycles. The molecular formula is C23H29BN4O10-2. The minimum atomic E-state index is -2.44. The first kappa shape index (κ1) is 32.1. The number of carboxylic acid groups (broad SMARTS) is 2. The fraction of sp³-hybridized carbons (Fsp3) is 0.391. The number of hydrogen-bond acceptors (Lipinski definition) is 12. The molecule has 0 spiro atoms. The monoisotopic (exact) mass is 532 g/mol. The van der Waals surface area contributed by atoms with Gasteiger partial charge in [0.15, 0.2) is 0 Å². The van der Waals surface area contributed by atoms with Gasteiger partial charge in [0.05, 0.1) is 24.1 Å². The molecule has 14 nitrogen and oxygen atoms in total. The van der Waals surface area contributed by atoms with Crippen LogP contribution in [0.5, 0.6) is 0 Å². The predicted octanol–water partition coefficient (Wildman–Crippen LogP) is -4.43. The SMILES string of the molecule is CC(C)C[C@H](NC(=O)[C@H](Cc1ccccc1)NC(=O)c1cnccn1)B(O)O.O=C([O-])[C@@H](O)[C@H](O)C(=O)[O-]. The van der Waals surface area contributed by atoms with Crippen molar-refractivity contribution >= 4 is 30.9 Å². The molecule has 0 radical (unpaired) electrons. The van der Waals surface area contributed by atoms with Gasteiger partial charge < -0.3 is 50.7 Å². The van der Waals surface area contributed by atoms with Crippen molar-refractivity contribution in [3.63, 3.8) is 0 Å². The summed E-state index contributed by atoms with van der Waals surface area (Å²) in [7, 11) is -1.69. The average Bonchev–Trinajstić information content (AvgIpc) is 2.87. The summed E-state index contributed by atoms with van der Waals surface area (Å²) in [6.07, 6.45) is -0.0958. The summed E-state index contributed by atoms with van der Waals surface area (Å²) >= 11 is 0. The lowest BCUT2D eigenvalue weighted by Crippen LogP contribution is -2.55. The van der Waals surface area contributed by atoms with Gasteiger partial charge in [-0.2, -0.15) is 0 Å². The molecule has 2 aromatic rings. The lowest BCUT2D eigenvalue weighted by molar-refractivity contribution is -0.333. The van der Waals surface area contributed by atoms with Crippen molar-refractivity contribution in [3.05, 3.63) is 60.2 Å².